The van der Waals surface area contributed by atoms with Crippen LogP contribution in [-0.2, 0) is 19.5 Å². The average Bonchev–Trinajstić information content (AvgIpc) is 3.03. The SMILES string of the molecule is O=c1c2c3c(sc2ncn1Cc1cnc2ccccc2c1)CNCC3. The van der Waals surface area contributed by atoms with E-state index in [4.69, 9.17) is 0 Å². The number of fused-ring (bicyclic) bond motifs is 4. The number of hydrogen-bond acceptors (Lipinski definition) is 5. The molecule has 0 bridgehead atoms. The fourth-order valence-electron chi connectivity index (χ4n) is 3.46. The zero-order valence-corrected chi connectivity index (χ0v) is 14.3. The zero-order valence-electron chi connectivity index (χ0n) is 13.5. The standard InChI is InChI=1S/C19H16N4OS/c24-19-17-14-5-6-20-9-16(14)25-18(17)22-11-23(19)10-12-7-13-3-1-2-4-15(13)21-8-12/h1-4,7-8,11,20H,5-6,9-10H2. The van der Waals surface area contributed by atoms with Crippen LogP contribution in [0, 0.1) is 0 Å². The number of hydrogen-bond donors (Lipinski definition) is 1. The van der Waals surface area contributed by atoms with Crippen LogP contribution in [0.5, 0.6) is 0 Å². The second kappa shape index (κ2) is 5.75. The van der Waals surface area contributed by atoms with E-state index in [0.717, 1.165) is 46.2 Å². The summed E-state index contributed by atoms with van der Waals surface area (Å²) in [5, 5.41) is 5.25. The molecule has 124 valence electrons. The van der Waals surface area contributed by atoms with Crippen molar-refractivity contribution in [2.24, 2.45) is 0 Å². The third-order valence-electron chi connectivity index (χ3n) is 4.70. The van der Waals surface area contributed by atoms with Gasteiger partial charge in [-0.25, -0.2) is 4.98 Å². The Balaban J connectivity index is 1.60. The first-order chi connectivity index (χ1) is 12.3. The number of thiophene rings is 1. The molecule has 6 heteroatoms. The molecular formula is C19H16N4OS. The highest BCUT2D eigenvalue weighted by molar-refractivity contribution is 7.18. The van der Waals surface area contributed by atoms with Gasteiger partial charge >= 0.3 is 0 Å². The normalized spacial score (nSPS) is 14.1. The molecule has 1 aliphatic rings. The van der Waals surface area contributed by atoms with E-state index in [1.165, 1.54) is 10.4 Å². The van der Waals surface area contributed by atoms with Gasteiger partial charge < -0.3 is 5.32 Å². The zero-order chi connectivity index (χ0) is 16.8. The highest BCUT2D eigenvalue weighted by Gasteiger charge is 2.19. The minimum absolute atomic E-state index is 0.0533. The summed E-state index contributed by atoms with van der Waals surface area (Å²) < 4.78 is 1.70. The fourth-order valence-corrected chi connectivity index (χ4v) is 4.61. The van der Waals surface area contributed by atoms with Crippen molar-refractivity contribution in [3.8, 4) is 0 Å². The van der Waals surface area contributed by atoms with Crippen molar-refractivity contribution in [2.45, 2.75) is 19.5 Å². The summed E-state index contributed by atoms with van der Waals surface area (Å²) in [5.41, 5.74) is 3.21. The second-order valence-corrected chi connectivity index (χ2v) is 7.41. The number of benzene rings is 1. The van der Waals surface area contributed by atoms with Gasteiger partial charge in [-0.15, -0.1) is 11.3 Å². The Hall–Kier alpha value is -2.57. The van der Waals surface area contributed by atoms with Crippen LogP contribution in [0.3, 0.4) is 0 Å². The van der Waals surface area contributed by atoms with Gasteiger partial charge in [0.05, 0.1) is 23.8 Å². The van der Waals surface area contributed by atoms with Gasteiger partial charge in [0.2, 0.25) is 0 Å². The Bertz CT molecular complexity index is 1160. The van der Waals surface area contributed by atoms with Gasteiger partial charge in [0.1, 0.15) is 4.83 Å². The monoisotopic (exact) mass is 348 g/mol. The molecule has 0 saturated carbocycles. The Morgan fingerprint density at radius 2 is 2.16 bits per heavy atom. The molecule has 1 N–H and O–H groups in total. The summed E-state index contributed by atoms with van der Waals surface area (Å²) in [6, 6.07) is 10.1. The van der Waals surface area contributed by atoms with Crippen LogP contribution >= 0.6 is 11.3 Å². The van der Waals surface area contributed by atoms with Crippen LogP contribution in [-0.4, -0.2) is 21.1 Å². The van der Waals surface area contributed by atoms with Gasteiger partial charge in [0.15, 0.2) is 0 Å². The van der Waals surface area contributed by atoms with Crippen LogP contribution in [0.4, 0.5) is 0 Å². The summed E-state index contributed by atoms with van der Waals surface area (Å²) in [7, 11) is 0. The highest BCUT2D eigenvalue weighted by atomic mass is 32.1. The molecule has 5 nitrogen and oxygen atoms in total. The van der Waals surface area contributed by atoms with Crippen molar-refractivity contribution < 1.29 is 0 Å². The van der Waals surface area contributed by atoms with Crippen molar-refractivity contribution in [1.29, 1.82) is 0 Å². The maximum atomic E-state index is 13.0. The van der Waals surface area contributed by atoms with E-state index in [1.807, 2.05) is 30.5 Å². The molecular weight excluding hydrogens is 332 g/mol. The summed E-state index contributed by atoms with van der Waals surface area (Å²) in [4.78, 5) is 24.1. The van der Waals surface area contributed by atoms with Crippen molar-refractivity contribution in [1.82, 2.24) is 19.9 Å². The Morgan fingerprint density at radius 3 is 3.12 bits per heavy atom. The second-order valence-electron chi connectivity index (χ2n) is 6.32. The van der Waals surface area contributed by atoms with Gasteiger partial charge in [-0.3, -0.25) is 14.3 Å². The largest absolute Gasteiger partial charge is 0.312 e. The van der Waals surface area contributed by atoms with Crippen molar-refractivity contribution in [3.05, 3.63) is 69.2 Å². The lowest BCUT2D eigenvalue weighted by atomic mass is 10.1. The number of nitrogens with zero attached hydrogens (tertiary/aromatic N) is 3. The number of aromatic nitrogens is 3. The number of pyridine rings is 1. The smallest absolute Gasteiger partial charge is 0.262 e. The first kappa shape index (κ1) is 14.7. The summed E-state index contributed by atoms with van der Waals surface area (Å²) in [6.45, 7) is 2.24. The molecule has 3 aromatic heterocycles. The van der Waals surface area contributed by atoms with E-state index >= 15 is 0 Å². The molecule has 0 amide bonds. The molecule has 1 aromatic carbocycles. The lowest BCUT2D eigenvalue weighted by Gasteiger charge is -2.12. The third kappa shape index (κ3) is 2.45. The minimum atomic E-state index is 0.0533. The van der Waals surface area contributed by atoms with Crippen LogP contribution in [0.1, 0.15) is 16.0 Å². The van der Waals surface area contributed by atoms with Crippen LogP contribution < -0.4 is 10.9 Å². The Labute approximate surface area is 148 Å². The van der Waals surface area contributed by atoms with Crippen LogP contribution in [0.25, 0.3) is 21.1 Å². The Morgan fingerprint density at radius 1 is 1.24 bits per heavy atom. The molecule has 0 aliphatic carbocycles. The molecule has 5 rings (SSSR count). The summed E-state index contributed by atoms with van der Waals surface area (Å²) >= 11 is 1.63. The van der Waals surface area contributed by atoms with Gasteiger partial charge in [0.25, 0.3) is 5.56 Å². The van der Waals surface area contributed by atoms with Crippen LogP contribution in [0.15, 0.2) is 47.7 Å². The molecule has 25 heavy (non-hydrogen) atoms. The maximum Gasteiger partial charge on any atom is 0.262 e. The topological polar surface area (TPSA) is 59.8 Å². The number of nitrogens with one attached hydrogen (secondary N) is 1. The Kier molecular flexibility index (Phi) is 3.39. The average molecular weight is 348 g/mol. The van der Waals surface area contributed by atoms with Crippen molar-refractivity contribution >= 4 is 32.5 Å². The van der Waals surface area contributed by atoms with Gasteiger partial charge in [0, 0.05) is 23.0 Å². The molecule has 0 atom stereocenters. The molecule has 0 fully saturated rings. The van der Waals surface area contributed by atoms with E-state index in [2.05, 4.69) is 21.4 Å². The summed E-state index contributed by atoms with van der Waals surface area (Å²) in [6.07, 6.45) is 4.40. The van der Waals surface area contributed by atoms with E-state index in [-0.39, 0.29) is 5.56 Å². The van der Waals surface area contributed by atoms with Gasteiger partial charge in [-0.05, 0) is 36.2 Å². The lowest BCUT2D eigenvalue weighted by Crippen LogP contribution is -2.25. The van der Waals surface area contributed by atoms with E-state index in [1.54, 1.807) is 22.2 Å². The molecule has 0 saturated heterocycles. The number of para-hydroxylation sites is 1. The molecule has 0 unspecified atom stereocenters. The molecule has 1 aliphatic heterocycles. The van der Waals surface area contributed by atoms with E-state index in [0.29, 0.717) is 6.54 Å². The fraction of sp³-hybridized carbons (Fsp3) is 0.211. The summed E-state index contributed by atoms with van der Waals surface area (Å²) in [5.74, 6) is 0. The predicted octanol–water partition coefficient (Wildman–Crippen LogP) is 2.70. The molecule has 4 aromatic rings. The molecule has 0 spiro atoms. The lowest BCUT2D eigenvalue weighted by molar-refractivity contribution is 0.656. The quantitative estimate of drug-likeness (QED) is 0.605. The highest BCUT2D eigenvalue weighted by Crippen LogP contribution is 2.29. The van der Waals surface area contributed by atoms with E-state index < -0.39 is 0 Å². The van der Waals surface area contributed by atoms with Gasteiger partial charge in [-0.1, -0.05) is 18.2 Å². The van der Waals surface area contributed by atoms with Crippen molar-refractivity contribution in [3.63, 3.8) is 0 Å². The predicted molar refractivity (Wildman–Crippen MR) is 100 cm³/mol. The molecule has 0 radical (unpaired) electrons. The first-order valence-corrected chi connectivity index (χ1v) is 9.15. The minimum Gasteiger partial charge on any atom is -0.312 e. The van der Waals surface area contributed by atoms with E-state index in [9.17, 15) is 4.79 Å². The van der Waals surface area contributed by atoms with Gasteiger partial charge in [-0.2, -0.15) is 0 Å². The molecule has 4 heterocycles. The van der Waals surface area contributed by atoms with Crippen LogP contribution in [0.2, 0.25) is 0 Å². The van der Waals surface area contributed by atoms with Crippen molar-refractivity contribution in [2.75, 3.05) is 6.54 Å². The first-order valence-electron chi connectivity index (χ1n) is 8.34. The number of rotatable bonds is 2. The third-order valence-corrected chi connectivity index (χ3v) is 5.84. The maximum absolute atomic E-state index is 13.0.